The van der Waals surface area contributed by atoms with Crippen molar-refractivity contribution >= 4 is 5.97 Å². The number of nitrogens with zero attached hydrogens (tertiary/aromatic N) is 2. The van der Waals surface area contributed by atoms with Crippen LogP contribution in [-0.4, -0.2) is 27.2 Å². The lowest BCUT2D eigenvalue weighted by molar-refractivity contribution is -0.136. The molecule has 0 aliphatic heterocycles. The molecule has 106 valence electrons. The van der Waals surface area contributed by atoms with Gasteiger partial charge in [-0.25, -0.2) is 4.98 Å². The zero-order chi connectivity index (χ0) is 14.5. The average Bonchev–Trinajstić information content (AvgIpc) is 2.79. The molecule has 0 spiro atoms. The number of hydrogen-bond donors (Lipinski definition) is 1. The van der Waals surface area contributed by atoms with E-state index in [1.807, 2.05) is 42.8 Å². The lowest BCUT2D eigenvalue weighted by Crippen LogP contribution is -2.03. The second-order valence-corrected chi connectivity index (χ2v) is 4.48. The molecule has 0 radical (unpaired) electrons. The molecule has 20 heavy (non-hydrogen) atoms. The van der Waals surface area contributed by atoms with Crippen LogP contribution in [0.3, 0.4) is 0 Å². The number of carboxylic acids is 1. The molecule has 0 aliphatic rings. The molecule has 0 saturated heterocycles. The second kappa shape index (κ2) is 6.23. The van der Waals surface area contributed by atoms with Gasteiger partial charge in [-0.3, -0.25) is 4.79 Å². The zero-order valence-electron chi connectivity index (χ0n) is 11.7. The van der Waals surface area contributed by atoms with E-state index in [9.17, 15) is 4.79 Å². The minimum absolute atomic E-state index is 0.113. The van der Waals surface area contributed by atoms with Gasteiger partial charge in [0, 0.05) is 24.5 Å². The minimum Gasteiger partial charge on any atom is -0.494 e. The molecule has 0 fully saturated rings. The summed E-state index contributed by atoms with van der Waals surface area (Å²) in [6.45, 7) is 2.59. The van der Waals surface area contributed by atoms with E-state index in [0.29, 0.717) is 13.0 Å². The van der Waals surface area contributed by atoms with Crippen LogP contribution < -0.4 is 4.74 Å². The fourth-order valence-electron chi connectivity index (χ4n) is 2.05. The monoisotopic (exact) mass is 274 g/mol. The number of aliphatic carboxylic acids is 1. The lowest BCUT2D eigenvalue weighted by Gasteiger charge is -2.07. The Balaban J connectivity index is 2.18. The first-order chi connectivity index (χ1) is 9.61. The Morgan fingerprint density at radius 1 is 1.35 bits per heavy atom. The second-order valence-electron chi connectivity index (χ2n) is 4.48. The van der Waals surface area contributed by atoms with Gasteiger partial charge in [-0.15, -0.1) is 0 Å². The number of benzene rings is 1. The number of carboxylic acid groups (broad SMARTS) is 1. The van der Waals surface area contributed by atoms with Gasteiger partial charge < -0.3 is 14.4 Å². The third-order valence-corrected chi connectivity index (χ3v) is 3.10. The van der Waals surface area contributed by atoms with Crippen molar-refractivity contribution in [1.82, 2.24) is 9.55 Å². The summed E-state index contributed by atoms with van der Waals surface area (Å²) < 4.78 is 7.33. The highest BCUT2D eigenvalue weighted by Crippen LogP contribution is 2.22. The van der Waals surface area contributed by atoms with E-state index < -0.39 is 5.97 Å². The van der Waals surface area contributed by atoms with Crippen molar-refractivity contribution in [2.75, 3.05) is 6.61 Å². The smallest absolute Gasteiger partial charge is 0.303 e. The third kappa shape index (κ3) is 3.17. The Hall–Kier alpha value is -2.30. The molecule has 2 rings (SSSR count). The van der Waals surface area contributed by atoms with Gasteiger partial charge in [-0.05, 0) is 37.6 Å². The van der Waals surface area contributed by atoms with Gasteiger partial charge in [0.2, 0.25) is 0 Å². The van der Waals surface area contributed by atoms with Crippen LogP contribution in [-0.2, 0) is 18.3 Å². The SMILES string of the molecule is CCOc1ccc(-c2ncc(CCC(=O)O)n2C)cc1. The Bertz CT molecular complexity index is 588. The molecule has 0 unspecified atom stereocenters. The summed E-state index contributed by atoms with van der Waals surface area (Å²) in [5.74, 6) is 0.860. The van der Waals surface area contributed by atoms with Crippen molar-refractivity contribution in [1.29, 1.82) is 0 Å². The summed E-state index contributed by atoms with van der Waals surface area (Å²) in [5, 5.41) is 8.73. The highest BCUT2D eigenvalue weighted by molar-refractivity contribution is 5.67. The van der Waals surface area contributed by atoms with Crippen molar-refractivity contribution in [3.63, 3.8) is 0 Å². The lowest BCUT2D eigenvalue weighted by atomic mass is 10.2. The van der Waals surface area contributed by atoms with Crippen molar-refractivity contribution in [3.05, 3.63) is 36.2 Å². The number of aryl methyl sites for hydroxylation is 1. The standard InChI is InChI=1S/C15H18N2O3/c1-3-20-13-7-4-11(5-8-13)15-16-10-12(17(15)2)6-9-14(18)19/h4-5,7-8,10H,3,6,9H2,1-2H3,(H,18,19). The summed E-state index contributed by atoms with van der Waals surface area (Å²) in [5.41, 5.74) is 1.90. The Morgan fingerprint density at radius 2 is 2.05 bits per heavy atom. The van der Waals surface area contributed by atoms with Crippen molar-refractivity contribution in [3.8, 4) is 17.1 Å². The van der Waals surface area contributed by atoms with Gasteiger partial charge >= 0.3 is 5.97 Å². The Labute approximate surface area is 117 Å². The molecule has 0 bridgehead atoms. The van der Waals surface area contributed by atoms with E-state index >= 15 is 0 Å². The highest BCUT2D eigenvalue weighted by atomic mass is 16.5. The fourth-order valence-corrected chi connectivity index (χ4v) is 2.05. The molecule has 5 nitrogen and oxygen atoms in total. The largest absolute Gasteiger partial charge is 0.494 e. The maximum absolute atomic E-state index is 10.6. The van der Waals surface area contributed by atoms with Crippen LogP contribution in [0, 0.1) is 0 Å². The van der Waals surface area contributed by atoms with Gasteiger partial charge in [0.05, 0.1) is 13.0 Å². The molecular weight excluding hydrogens is 256 g/mol. The maximum atomic E-state index is 10.6. The van der Waals surface area contributed by atoms with E-state index in [1.54, 1.807) is 6.20 Å². The quantitative estimate of drug-likeness (QED) is 0.879. The molecule has 1 heterocycles. The first-order valence-corrected chi connectivity index (χ1v) is 6.57. The molecule has 0 aliphatic carbocycles. The van der Waals surface area contributed by atoms with E-state index in [4.69, 9.17) is 9.84 Å². The number of carbonyl (C=O) groups is 1. The summed E-state index contributed by atoms with van der Waals surface area (Å²) in [4.78, 5) is 15.0. The van der Waals surface area contributed by atoms with E-state index in [0.717, 1.165) is 22.8 Å². The normalized spacial score (nSPS) is 10.5. The molecule has 5 heteroatoms. The van der Waals surface area contributed by atoms with Gasteiger partial charge in [-0.2, -0.15) is 0 Å². The van der Waals surface area contributed by atoms with Crippen LogP contribution in [0.2, 0.25) is 0 Å². The van der Waals surface area contributed by atoms with E-state index in [1.165, 1.54) is 0 Å². The van der Waals surface area contributed by atoms with Crippen LogP contribution >= 0.6 is 0 Å². The Morgan fingerprint density at radius 3 is 2.65 bits per heavy atom. The molecule has 1 aromatic heterocycles. The fraction of sp³-hybridized carbons (Fsp3) is 0.333. The number of rotatable bonds is 6. The topological polar surface area (TPSA) is 64.3 Å². The Kier molecular flexibility index (Phi) is 4.40. The number of imidazole rings is 1. The summed E-state index contributed by atoms with van der Waals surface area (Å²) >= 11 is 0. The predicted octanol–water partition coefficient (Wildman–Crippen LogP) is 2.50. The molecule has 1 N–H and O–H groups in total. The van der Waals surface area contributed by atoms with E-state index in [2.05, 4.69) is 4.98 Å². The van der Waals surface area contributed by atoms with Gasteiger partial charge in [0.25, 0.3) is 0 Å². The first-order valence-electron chi connectivity index (χ1n) is 6.57. The molecular formula is C15H18N2O3. The first kappa shape index (κ1) is 14.1. The molecule has 1 aromatic carbocycles. The van der Waals surface area contributed by atoms with Gasteiger partial charge in [0.15, 0.2) is 0 Å². The summed E-state index contributed by atoms with van der Waals surface area (Å²) in [6.07, 6.45) is 2.33. The van der Waals surface area contributed by atoms with Crippen LogP contribution in [0.25, 0.3) is 11.4 Å². The minimum atomic E-state index is -0.797. The van der Waals surface area contributed by atoms with Crippen LogP contribution in [0.4, 0.5) is 0 Å². The molecule has 0 atom stereocenters. The van der Waals surface area contributed by atoms with Crippen molar-refractivity contribution in [2.24, 2.45) is 7.05 Å². The van der Waals surface area contributed by atoms with Gasteiger partial charge in [-0.1, -0.05) is 0 Å². The molecule has 0 saturated carbocycles. The number of hydrogen-bond acceptors (Lipinski definition) is 3. The molecule has 2 aromatic rings. The zero-order valence-corrected chi connectivity index (χ0v) is 11.7. The van der Waals surface area contributed by atoms with Crippen LogP contribution in [0.5, 0.6) is 5.75 Å². The third-order valence-electron chi connectivity index (χ3n) is 3.10. The molecule has 0 amide bonds. The number of aromatic nitrogens is 2. The maximum Gasteiger partial charge on any atom is 0.303 e. The average molecular weight is 274 g/mol. The predicted molar refractivity (Wildman–Crippen MR) is 75.8 cm³/mol. The van der Waals surface area contributed by atoms with Crippen molar-refractivity contribution < 1.29 is 14.6 Å². The summed E-state index contributed by atoms with van der Waals surface area (Å²) in [7, 11) is 1.90. The van der Waals surface area contributed by atoms with Crippen LogP contribution in [0.1, 0.15) is 19.0 Å². The van der Waals surface area contributed by atoms with Gasteiger partial charge in [0.1, 0.15) is 11.6 Å². The number of ether oxygens (including phenoxy) is 1. The van der Waals surface area contributed by atoms with Crippen molar-refractivity contribution in [2.45, 2.75) is 19.8 Å². The van der Waals surface area contributed by atoms with E-state index in [-0.39, 0.29) is 6.42 Å². The highest BCUT2D eigenvalue weighted by Gasteiger charge is 2.10. The summed E-state index contributed by atoms with van der Waals surface area (Å²) in [6, 6.07) is 7.72. The van der Waals surface area contributed by atoms with Crippen LogP contribution in [0.15, 0.2) is 30.5 Å².